The van der Waals surface area contributed by atoms with Gasteiger partial charge in [0.25, 0.3) is 0 Å². The summed E-state index contributed by atoms with van der Waals surface area (Å²) in [4.78, 5) is 10.9. The molecule has 2 rings (SSSR count). The Hall–Kier alpha value is -1.43. The fourth-order valence-electron chi connectivity index (χ4n) is 1.47. The van der Waals surface area contributed by atoms with E-state index in [4.69, 9.17) is 0 Å². The van der Waals surface area contributed by atoms with E-state index in [1.165, 1.54) is 0 Å². The molecular weight excluding hydrogens is 182 g/mol. The van der Waals surface area contributed by atoms with Crippen LogP contribution in [0.25, 0.3) is 0 Å². The zero-order valence-electron chi connectivity index (χ0n) is 8.03. The van der Waals surface area contributed by atoms with Gasteiger partial charge in [-0.2, -0.15) is 0 Å². The molecular formula is C8H13N5O. The Balaban J connectivity index is 1.80. The van der Waals surface area contributed by atoms with Crippen molar-refractivity contribution in [2.75, 3.05) is 6.54 Å². The molecule has 1 atom stereocenters. The molecule has 1 fully saturated rings. The summed E-state index contributed by atoms with van der Waals surface area (Å²) in [5.74, 6) is 0.113. The van der Waals surface area contributed by atoms with Crippen LogP contribution in [0.15, 0.2) is 6.20 Å². The maximum atomic E-state index is 10.9. The molecule has 0 aromatic carbocycles. The fourth-order valence-corrected chi connectivity index (χ4v) is 1.47. The van der Waals surface area contributed by atoms with Crippen molar-refractivity contribution in [3.8, 4) is 0 Å². The first-order valence-electron chi connectivity index (χ1n) is 4.59. The van der Waals surface area contributed by atoms with Crippen molar-refractivity contribution in [3.05, 3.63) is 11.9 Å². The summed E-state index contributed by atoms with van der Waals surface area (Å²) in [6, 6.07) is 0.226. The number of nitrogens with zero attached hydrogens (tertiary/aromatic N) is 3. The van der Waals surface area contributed by atoms with Gasteiger partial charge in [-0.05, 0) is 0 Å². The molecule has 1 aliphatic heterocycles. The molecule has 2 N–H and O–H groups in total. The first-order valence-corrected chi connectivity index (χ1v) is 4.59. The Bertz CT molecular complexity index is 334. The van der Waals surface area contributed by atoms with Crippen LogP contribution in [-0.2, 0) is 18.4 Å². The zero-order valence-corrected chi connectivity index (χ0v) is 8.03. The van der Waals surface area contributed by atoms with E-state index >= 15 is 0 Å². The summed E-state index contributed by atoms with van der Waals surface area (Å²) >= 11 is 0. The van der Waals surface area contributed by atoms with E-state index in [0.717, 1.165) is 5.69 Å². The Labute approximate surface area is 81.7 Å². The van der Waals surface area contributed by atoms with Gasteiger partial charge < -0.3 is 10.6 Å². The van der Waals surface area contributed by atoms with Gasteiger partial charge in [-0.25, -0.2) is 0 Å². The molecule has 14 heavy (non-hydrogen) atoms. The molecule has 1 aromatic rings. The first kappa shape index (κ1) is 9.14. The summed E-state index contributed by atoms with van der Waals surface area (Å²) in [5, 5.41) is 13.8. The van der Waals surface area contributed by atoms with Gasteiger partial charge in [0.2, 0.25) is 5.91 Å². The van der Waals surface area contributed by atoms with Crippen LogP contribution in [0.5, 0.6) is 0 Å². The van der Waals surface area contributed by atoms with Crippen molar-refractivity contribution >= 4 is 5.91 Å². The summed E-state index contributed by atoms with van der Waals surface area (Å²) < 4.78 is 1.66. The molecule has 1 aromatic heterocycles. The van der Waals surface area contributed by atoms with Crippen molar-refractivity contribution in [2.24, 2.45) is 7.05 Å². The first-order chi connectivity index (χ1) is 6.74. The second kappa shape index (κ2) is 3.75. The maximum Gasteiger partial charge on any atom is 0.221 e. The van der Waals surface area contributed by atoms with Gasteiger partial charge >= 0.3 is 0 Å². The van der Waals surface area contributed by atoms with Gasteiger partial charge in [0, 0.05) is 38.8 Å². The van der Waals surface area contributed by atoms with Crippen molar-refractivity contribution in [1.29, 1.82) is 0 Å². The molecule has 0 bridgehead atoms. The SMILES string of the molecule is Cn1cc(CNC2CNC(=O)C2)nn1. The standard InChI is InChI=1S/C8H13N5O/c1-13-5-7(11-12-13)4-9-6-2-8(14)10-3-6/h5-6,9H,2-4H2,1H3,(H,10,14). The van der Waals surface area contributed by atoms with Crippen LogP contribution in [0.4, 0.5) is 0 Å². The van der Waals surface area contributed by atoms with Crippen LogP contribution in [0.1, 0.15) is 12.1 Å². The van der Waals surface area contributed by atoms with E-state index in [1.54, 1.807) is 4.68 Å². The smallest absolute Gasteiger partial charge is 0.221 e. The zero-order chi connectivity index (χ0) is 9.97. The summed E-state index contributed by atoms with van der Waals surface area (Å²) in [7, 11) is 1.83. The highest BCUT2D eigenvalue weighted by Crippen LogP contribution is 2.00. The molecule has 1 unspecified atom stereocenters. The highest BCUT2D eigenvalue weighted by atomic mass is 16.1. The monoisotopic (exact) mass is 195 g/mol. The second-order valence-electron chi connectivity index (χ2n) is 3.47. The third-order valence-electron chi connectivity index (χ3n) is 2.20. The summed E-state index contributed by atoms with van der Waals surface area (Å²) in [6.07, 6.45) is 2.41. The minimum atomic E-state index is 0.113. The normalized spacial score (nSPS) is 21.2. The Morgan fingerprint density at radius 3 is 3.21 bits per heavy atom. The Morgan fingerprint density at radius 2 is 2.64 bits per heavy atom. The lowest BCUT2D eigenvalue weighted by Crippen LogP contribution is -2.30. The van der Waals surface area contributed by atoms with Gasteiger partial charge in [-0.3, -0.25) is 9.48 Å². The largest absolute Gasteiger partial charge is 0.354 e. The molecule has 6 nitrogen and oxygen atoms in total. The van der Waals surface area contributed by atoms with Crippen molar-refractivity contribution in [2.45, 2.75) is 19.0 Å². The molecule has 2 heterocycles. The van der Waals surface area contributed by atoms with Crippen LogP contribution >= 0.6 is 0 Å². The lowest BCUT2D eigenvalue weighted by molar-refractivity contribution is -0.119. The van der Waals surface area contributed by atoms with Gasteiger partial charge in [0.05, 0.1) is 5.69 Å². The van der Waals surface area contributed by atoms with E-state index in [2.05, 4.69) is 20.9 Å². The third kappa shape index (κ3) is 2.08. The maximum absolute atomic E-state index is 10.9. The summed E-state index contributed by atoms with van der Waals surface area (Å²) in [6.45, 7) is 1.37. The Morgan fingerprint density at radius 1 is 1.79 bits per heavy atom. The van der Waals surface area contributed by atoms with Crippen LogP contribution < -0.4 is 10.6 Å². The predicted octanol–water partition coefficient (Wildman–Crippen LogP) is -1.21. The van der Waals surface area contributed by atoms with Crippen molar-refractivity contribution < 1.29 is 4.79 Å². The number of hydrogen-bond acceptors (Lipinski definition) is 4. The number of nitrogens with one attached hydrogen (secondary N) is 2. The molecule has 0 radical (unpaired) electrons. The molecule has 1 amide bonds. The van der Waals surface area contributed by atoms with E-state index in [1.807, 2.05) is 13.2 Å². The highest BCUT2D eigenvalue weighted by Gasteiger charge is 2.20. The number of amides is 1. The molecule has 6 heteroatoms. The van der Waals surface area contributed by atoms with Crippen LogP contribution in [0.3, 0.4) is 0 Å². The quantitative estimate of drug-likeness (QED) is 0.635. The summed E-state index contributed by atoms with van der Waals surface area (Å²) in [5.41, 5.74) is 0.895. The molecule has 76 valence electrons. The van der Waals surface area contributed by atoms with E-state index in [9.17, 15) is 4.79 Å². The molecule has 0 spiro atoms. The fraction of sp³-hybridized carbons (Fsp3) is 0.625. The van der Waals surface area contributed by atoms with E-state index < -0.39 is 0 Å². The number of carbonyl (C=O) groups is 1. The average molecular weight is 195 g/mol. The number of rotatable bonds is 3. The average Bonchev–Trinajstić information content (AvgIpc) is 2.72. The van der Waals surface area contributed by atoms with E-state index in [-0.39, 0.29) is 11.9 Å². The third-order valence-corrected chi connectivity index (χ3v) is 2.20. The molecule has 0 saturated carbocycles. The lowest BCUT2D eigenvalue weighted by atomic mass is 10.2. The van der Waals surface area contributed by atoms with Crippen LogP contribution in [-0.4, -0.2) is 33.5 Å². The van der Waals surface area contributed by atoms with Gasteiger partial charge in [0.15, 0.2) is 0 Å². The van der Waals surface area contributed by atoms with Crippen molar-refractivity contribution in [1.82, 2.24) is 25.6 Å². The predicted molar refractivity (Wildman–Crippen MR) is 49.3 cm³/mol. The van der Waals surface area contributed by atoms with Crippen molar-refractivity contribution in [3.63, 3.8) is 0 Å². The van der Waals surface area contributed by atoms with E-state index in [0.29, 0.717) is 19.5 Å². The number of hydrogen-bond donors (Lipinski definition) is 2. The van der Waals surface area contributed by atoms with Gasteiger partial charge in [0.1, 0.15) is 0 Å². The minimum Gasteiger partial charge on any atom is -0.354 e. The topological polar surface area (TPSA) is 71.8 Å². The molecule has 1 aliphatic rings. The number of aryl methyl sites for hydroxylation is 1. The second-order valence-corrected chi connectivity index (χ2v) is 3.47. The lowest BCUT2D eigenvalue weighted by Gasteiger charge is -2.07. The van der Waals surface area contributed by atoms with Gasteiger partial charge in [-0.15, -0.1) is 5.10 Å². The highest BCUT2D eigenvalue weighted by molar-refractivity contribution is 5.78. The molecule has 1 saturated heterocycles. The number of aromatic nitrogens is 3. The Kier molecular flexibility index (Phi) is 2.45. The van der Waals surface area contributed by atoms with Crippen LogP contribution in [0, 0.1) is 0 Å². The number of carbonyl (C=O) groups excluding carboxylic acids is 1. The van der Waals surface area contributed by atoms with Gasteiger partial charge in [-0.1, -0.05) is 5.21 Å². The minimum absolute atomic E-state index is 0.113. The van der Waals surface area contributed by atoms with Crippen LogP contribution in [0.2, 0.25) is 0 Å². The molecule has 0 aliphatic carbocycles.